The molecule has 0 N–H and O–H groups in total. The number of carbonyl (C=O) groups excluding carboxylic acids is 2. The van der Waals surface area contributed by atoms with Crippen molar-refractivity contribution >= 4 is 12.3 Å². The lowest BCUT2D eigenvalue weighted by Gasteiger charge is -2.01. The van der Waals surface area contributed by atoms with Crippen molar-refractivity contribution in [1.29, 1.82) is 0 Å². The van der Waals surface area contributed by atoms with E-state index in [2.05, 4.69) is 4.74 Å². The first-order valence-electron chi connectivity index (χ1n) is 6.81. The third kappa shape index (κ3) is 13.1. The zero-order valence-electron chi connectivity index (χ0n) is 11.1. The monoisotopic (exact) mass is 242 g/mol. The lowest BCUT2D eigenvalue weighted by atomic mass is 10.1. The molecule has 0 spiro atoms. The topological polar surface area (TPSA) is 43.4 Å². The second-order valence-corrected chi connectivity index (χ2v) is 4.46. The smallest absolute Gasteiger partial charge is 0.305 e. The van der Waals surface area contributed by atoms with E-state index in [0.717, 1.165) is 25.5 Å². The average molecular weight is 242 g/mol. The van der Waals surface area contributed by atoms with E-state index >= 15 is 0 Å². The number of esters is 1. The molecule has 0 aliphatic carbocycles. The third-order valence-corrected chi connectivity index (χ3v) is 2.93. The minimum absolute atomic E-state index is 0.0971. The molecule has 0 bridgehead atoms. The van der Waals surface area contributed by atoms with Crippen molar-refractivity contribution in [3.05, 3.63) is 0 Å². The van der Waals surface area contributed by atoms with E-state index in [-0.39, 0.29) is 5.97 Å². The summed E-state index contributed by atoms with van der Waals surface area (Å²) in [5.74, 6) is -0.0971. The molecule has 0 aliphatic heterocycles. The first kappa shape index (κ1) is 16.1. The van der Waals surface area contributed by atoms with E-state index in [9.17, 15) is 9.59 Å². The number of aldehydes is 1. The molecule has 0 aromatic rings. The third-order valence-electron chi connectivity index (χ3n) is 2.93. The van der Waals surface area contributed by atoms with Crippen LogP contribution >= 0.6 is 0 Å². The molecule has 3 heteroatoms. The summed E-state index contributed by atoms with van der Waals surface area (Å²) in [4.78, 5) is 20.9. The second kappa shape index (κ2) is 13.2. The highest BCUT2D eigenvalue weighted by Gasteiger charge is 1.98. The number of ether oxygens (including phenoxy) is 1. The molecule has 100 valence electrons. The van der Waals surface area contributed by atoms with E-state index in [0.29, 0.717) is 12.8 Å². The molecule has 0 heterocycles. The van der Waals surface area contributed by atoms with Crippen LogP contribution < -0.4 is 0 Å². The summed E-state index contributed by atoms with van der Waals surface area (Å²) < 4.78 is 4.58. The summed E-state index contributed by atoms with van der Waals surface area (Å²) in [5.41, 5.74) is 0. The van der Waals surface area contributed by atoms with Gasteiger partial charge in [-0.15, -0.1) is 0 Å². The Kier molecular flexibility index (Phi) is 12.5. The maximum absolute atomic E-state index is 10.8. The summed E-state index contributed by atoms with van der Waals surface area (Å²) in [7, 11) is 1.44. The zero-order chi connectivity index (χ0) is 12.8. The zero-order valence-corrected chi connectivity index (χ0v) is 11.1. The Morgan fingerprint density at radius 2 is 1.35 bits per heavy atom. The number of methoxy groups -OCH3 is 1. The van der Waals surface area contributed by atoms with Crippen LogP contribution in [0, 0.1) is 0 Å². The molecule has 3 nitrogen and oxygen atoms in total. The second-order valence-electron chi connectivity index (χ2n) is 4.46. The van der Waals surface area contributed by atoms with E-state index in [1.54, 1.807) is 0 Å². The fourth-order valence-corrected chi connectivity index (χ4v) is 1.84. The van der Waals surface area contributed by atoms with E-state index in [4.69, 9.17) is 0 Å². The van der Waals surface area contributed by atoms with Gasteiger partial charge in [0, 0.05) is 12.8 Å². The van der Waals surface area contributed by atoms with Gasteiger partial charge in [0.1, 0.15) is 6.29 Å². The summed E-state index contributed by atoms with van der Waals surface area (Å²) in [6, 6.07) is 0. The Hall–Kier alpha value is -0.860. The Labute approximate surface area is 105 Å². The highest BCUT2D eigenvalue weighted by atomic mass is 16.5. The van der Waals surface area contributed by atoms with E-state index < -0.39 is 0 Å². The van der Waals surface area contributed by atoms with Crippen molar-refractivity contribution in [3.8, 4) is 0 Å². The maximum atomic E-state index is 10.8. The standard InChI is InChI=1S/C14H26O3/c1-17-14(16)12-10-8-6-4-2-3-5-7-9-11-13-15/h13H,2-12H2,1H3. The molecule has 0 aromatic carbocycles. The van der Waals surface area contributed by atoms with Crippen molar-refractivity contribution in [3.63, 3.8) is 0 Å². The van der Waals surface area contributed by atoms with Crippen LogP contribution in [0.4, 0.5) is 0 Å². The fourth-order valence-electron chi connectivity index (χ4n) is 1.84. The predicted octanol–water partition coefficient (Wildman–Crippen LogP) is 3.65. The normalized spacial score (nSPS) is 10.2. The molecule has 0 aromatic heterocycles. The number of hydrogen-bond donors (Lipinski definition) is 0. The van der Waals surface area contributed by atoms with Gasteiger partial charge in [0.25, 0.3) is 0 Å². The molecule has 0 saturated carbocycles. The molecule has 0 fully saturated rings. The minimum Gasteiger partial charge on any atom is -0.469 e. The number of hydrogen-bond acceptors (Lipinski definition) is 3. The van der Waals surface area contributed by atoms with Crippen LogP contribution in [0.5, 0.6) is 0 Å². The summed E-state index contributed by atoms with van der Waals surface area (Å²) in [6.45, 7) is 0. The molecule has 0 amide bonds. The molecular weight excluding hydrogens is 216 g/mol. The molecule has 0 radical (unpaired) electrons. The first-order valence-corrected chi connectivity index (χ1v) is 6.81. The van der Waals surface area contributed by atoms with E-state index in [1.165, 1.54) is 45.6 Å². The minimum atomic E-state index is -0.0971. The molecular formula is C14H26O3. The van der Waals surface area contributed by atoms with Crippen LogP contribution in [0.15, 0.2) is 0 Å². The van der Waals surface area contributed by atoms with Crippen molar-refractivity contribution in [2.75, 3.05) is 7.11 Å². The van der Waals surface area contributed by atoms with Crippen LogP contribution in [0.1, 0.15) is 70.6 Å². The molecule has 0 atom stereocenters. The van der Waals surface area contributed by atoms with Gasteiger partial charge < -0.3 is 9.53 Å². The van der Waals surface area contributed by atoms with Gasteiger partial charge in [-0.05, 0) is 12.8 Å². The quantitative estimate of drug-likeness (QED) is 0.298. The van der Waals surface area contributed by atoms with Crippen molar-refractivity contribution in [2.24, 2.45) is 0 Å². The number of rotatable bonds is 12. The average Bonchev–Trinajstić information content (AvgIpc) is 2.35. The van der Waals surface area contributed by atoms with Gasteiger partial charge in [-0.25, -0.2) is 0 Å². The number of carbonyl (C=O) groups is 2. The Morgan fingerprint density at radius 1 is 0.882 bits per heavy atom. The molecule has 0 unspecified atom stereocenters. The Balaban J connectivity index is 2.98. The van der Waals surface area contributed by atoms with Crippen molar-refractivity contribution < 1.29 is 14.3 Å². The molecule has 17 heavy (non-hydrogen) atoms. The highest BCUT2D eigenvalue weighted by Crippen LogP contribution is 2.11. The van der Waals surface area contributed by atoms with Gasteiger partial charge in [0.2, 0.25) is 0 Å². The fraction of sp³-hybridized carbons (Fsp3) is 0.857. The van der Waals surface area contributed by atoms with Crippen molar-refractivity contribution in [1.82, 2.24) is 0 Å². The van der Waals surface area contributed by atoms with Gasteiger partial charge in [0.05, 0.1) is 7.11 Å². The van der Waals surface area contributed by atoms with Gasteiger partial charge in [0.15, 0.2) is 0 Å². The van der Waals surface area contributed by atoms with Crippen LogP contribution in [0.25, 0.3) is 0 Å². The maximum Gasteiger partial charge on any atom is 0.305 e. The van der Waals surface area contributed by atoms with Gasteiger partial charge in [-0.2, -0.15) is 0 Å². The Bertz CT molecular complexity index is 190. The van der Waals surface area contributed by atoms with Gasteiger partial charge >= 0.3 is 5.97 Å². The van der Waals surface area contributed by atoms with Crippen LogP contribution in [-0.2, 0) is 14.3 Å². The Morgan fingerprint density at radius 3 is 1.82 bits per heavy atom. The lowest BCUT2D eigenvalue weighted by Crippen LogP contribution is -1.99. The predicted molar refractivity (Wildman–Crippen MR) is 68.9 cm³/mol. The van der Waals surface area contributed by atoms with Gasteiger partial charge in [-0.1, -0.05) is 44.9 Å². The van der Waals surface area contributed by atoms with Crippen LogP contribution in [0.2, 0.25) is 0 Å². The summed E-state index contributed by atoms with van der Waals surface area (Å²) in [6.07, 6.45) is 12.8. The number of unbranched alkanes of at least 4 members (excludes halogenated alkanes) is 9. The largest absolute Gasteiger partial charge is 0.469 e. The van der Waals surface area contributed by atoms with Crippen LogP contribution in [0.3, 0.4) is 0 Å². The highest BCUT2D eigenvalue weighted by molar-refractivity contribution is 5.68. The van der Waals surface area contributed by atoms with Crippen molar-refractivity contribution in [2.45, 2.75) is 70.6 Å². The van der Waals surface area contributed by atoms with Crippen LogP contribution in [-0.4, -0.2) is 19.4 Å². The van der Waals surface area contributed by atoms with E-state index in [1.807, 2.05) is 0 Å². The van der Waals surface area contributed by atoms with Gasteiger partial charge in [-0.3, -0.25) is 4.79 Å². The first-order chi connectivity index (χ1) is 8.31. The molecule has 0 saturated heterocycles. The summed E-state index contributed by atoms with van der Waals surface area (Å²) >= 11 is 0. The lowest BCUT2D eigenvalue weighted by molar-refractivity contribution is -0.140. The summed E-state index contributed by atoms with van der Waals surface area (Å²) in [5, 5.41) is 0. The molecule has 0 rings (SSSR count). The molecule has 0 aliphatic rings. The SMILES string of the molecule is COC(=O)CCCCCCCCCCCC=O.